The summed E-state index contributed by atoms with van der Waals surface area (Å²) in [4.78, 5) is 42.3. The van der Waals surface area contributed by atoms with Crippen molar-refractivity contribution in [1.82, 2.24) is 9.80 Å². The Morgan fingerprint density at radius 2 is 1.68 bits per heavy atom. The lowest BCUT2D eigenvalue weighted by atomic mass is 10.0. The molecule has 0 N–H and O–H groups in total. The van der Waals surface area contributed by atoms with Crippen LogP contribution in [0, 0.1) is 5.92 Å². The molecule has 3 rings (SSSR count). The van der Waals surface area contributed by atoms with E-state index in [2.05, 4.69) is 13.8 Å². The fourth-order valence-corrected chi connectivity index (χ4v) is 3.74. The van der Waals surface area contributed by atoms with E-state index in [9.17, 15) is 14.4 Å². The highest BCUT2D eigenvalue weighted by atomic mass is 16.6. The molecule has 7 nitrogen and oxygen atoms in total. The summed E-state index contributed by atoms with van der Waals surface area (Å²) in [6.45, 7) is 8.68. The molecule has 2 saturated heterocycles. The van der Waals surface area contributed by atoms with Crippen molar-refractivity contribution in [2.24, 2.45) is 5.92 Å². The molecule has 1 aromatic rings. The first-order valence-electron chi connectivity index (χ1n) is 10.0. The second kappa shape index (κ2) is 8.63. The van der Waals surface area contributed by atoms with Crippen molar-refractivity contribution in [1.29, 1.82) is 0 Å². The molecule has 28 heavy (non-hydrogen) atoms. The second-order valence-electron chi connectivity index (χ2n) is 7.66. The topological polar surface area (TPSA) is 70.2 Å². The number of hydrogen-bond donors (Lipinski definition) is 0. The number of carbonyl (C=O) groups excluding carboxylic acids is 3. The number of nitrogens with zero attached hydrogens (tertiary/aromatic N) is 3. The van der Waals surface area contributed by atoms with Gasteiger partial charge >= 0.3 is 6.09 Å². The Labute approximate surface area is 166 Å². The molecule has 0 bridgehead atoms. The van der Waals surface area contributed by atoms with E-state index in [1.165, 1.54) is 5.56 Å². The van der Waals surface area contributed by atoms with Gasteiger partial charge in [-0.3, -0.25) is 9.59 Å². The minimum atomic E-state index is -0.332. The molecule has 152 valence electrons. The van der Waals surface area contributed by atoms with E-state index in [0.717, 1.165) is 5.69 Å². The van der Waals surface area contributed by atoms with Crippen molar-refractivity contribution in [2.75, 3.05) is 44.2 Å². The van der Waals surface area contributed by atoms with Crippen LogP contribution in [0.1, 0.15) is 38.7 Å². The summed E-state index contributed by atoms with van der Waals surface area (Å²) in [5, 5.41) is 0. The highest BCUT2D eigenvalue weighted by Gasteiger charge is 2.38. The van der Waals surface area contributed by atoms with Gasteiger partial charge in [-0.2, -0.15) is 0 Å². The maximum absolute atomic E-state index is 12.9. The Bertz CT molecular complexity index is 724. The Morgan fingerprint density at radius 1 is 1.07 bits per heavy atom. The van der Waals surface area contributed by atoms with E-state index in [-0.39, 0.29) is 30.2 Å². The smallest absolute Gasteiger partial charge is 0.409 e. The molecule has 0 aliphatic carbocycles. The van der Waals surface area contributed by atoms with E-state index in [1.807, 2.05) is 24.3 Å². The maximum atomic E-state index is 12.9. The molecule has 0 radical (unpaired) electrons. The molecule has 7 heteroatoms. The molecular formula is C21H29N3O4. The lowest BCUT2D eigenvalue weighted by Crippen LogP contribution is -2.52. The lowest BCUT2D eigenvalue weighted by molar-refractivity contribution is -0.137. The van der Waals surface area contributed by atoms with Crippen molar-refractivity contribution >= 4 is 23.6 Å². The van der Waals surface area contributed by atoms with Crippen molar-refractivity contribution in [3.05, 3.63) is 29.8 Å². The standard InChI is InChI=1S/C21H29N3O4/c1-4-28-21(27)23-11-9-22(10-12-23)20(26)17-13-19(25)24(14-17)18-7-5-16(6-8-18)15(2)3/h5-8,15,17H,4,9-14H2,1-3H3. The van der Waals surface area contributed by atoms with Gasteiger partial charge in [0.2, 0.25) is 11.8 Å². The molecule has 1 unspecified atom stereocenters. The summed E-state index contributed by atoms with van der Waals surface area (Å²) in [6.07, 6.45) is -0.0928. The number of anilines is 1. The minimum absolute atomic E-state index is 0.00170. The summed E-state index contributed by atoms with van der Waals surface area (Å²) in [5.74, 6) is 0.0938. The molecule has 2 fully saturated rings. The van der Waals surface area contributed by atoms with Crippen LogP contribution in [0.15, 0.2) is 24.3 Å². The van der Waals surface area contributed by atoms with Crippen molar-refractivity contribution in [2.45, 2.75) is 33.1 Å². The predicted molar refractivity (Wildman–Crippen MR) is 106 cm³/mol. The zero-order valence-corrected chi connectivity index (χ0v) is 16.9. The molecule has 0 saturated carbocycles. The van der Waals surface area contributed by atoms with Crippen LogP contribution in [0.2, 0.25) is 0 Å². The highest BCUT2D eigenvalue weighted by molar-refractivity contribution is 6.00. The Hall–Kier alpha value is -2.57. The van der Waals surface area contributed by atoms with Gasteiger partial charge in [-0.15, -0.1) is 0 Å². The van der Waals surface area contributed by atoms with Crippen LogP contribution in [0.3, 0.4) is 0 Å². The fourth-order valence-electron chi connectivity index (χ4n) is 3.74. The molecule has 1 atom stereocenters. The fraction of sp³-hybridized carbons (Fsp3) is 0.571. The summed E-state index contributed by atoms with van der Waals surface area (Å²) in [7, 11) is 0. The summed E-state index contributed by atoms with van der Waals surface area (Å²) < 4.78 is 5.01. The number of piperazine rings is 1. The van der Waals surface area contributed by atoms with E-state index < -0.39 is 0 Å². The van der Waals surface area contributed by atoms with E-state index in [0.29, 0.717) is 45.2 Å². The van der Waals surface area contributed by atoms with Gasteiger partial charge in [-0.1, -0.05) is 26.0 Å². The third kappa shape index (κ3) is 4.29. The predicted octanol–water partition coefficient (Wildman–Crippen LogP) is 2.46. The average molecular weight is 387 g/mol. The van der Waals surface area contributed by atoms with Crippen LogP contribution in [-0.4, -0.2) is 67.0 Å². The number of ether oxygens (including phenoxy) is 1. The Kier molecular flexibility index (Phi) is 6.21. The van der Waals surface area contributed by atoms with Crippen LogP contribution < -0.4 is 4.90 Å². The Morgan fingerprint density at radius 3 is 2.25 bits per heavy atom. The molecule has 0 aromatic heterocycles. The molecular weight excluding hydrogens is 358 g/mol. The monoisotopic (exact) mass is 387 g/mol. The zero-order chi connectivity index (χ0) is 20.3. The zero-order valence-electron chi connectivity index (χ0n) is 16.9. The number of amides is 3. The first kappa shape index (κ1) is 20.2. The summed E-state index contributed by atoms with van der Waals surface area (Å²) >= 11 is 0. The molecule has 0 spiro atoms. The highest BCUT2D eigenvalue weighted by Crippen LogP contribution is 2.28. The van der Waals surface area contributed by atoms with Crippen LogP contribution >= 0.6 is 0 Å². The van der Waals surface area contributed by atoms with Gasteiger partial charge in [0.05, 0.1) is 12.5 Å². The van der Waals surface area contributed by atoms with Crippen molar-refractivity contribution < 1.29 is 19.1 Å². The minimum Gasteiger partial charge on any atom is -0.450 e. The maximum Gasteiger partial charge on any atom is 0.409 e. The molecule has 2 heterocycles. The van der Waals surface area contributed by atoms with Gasteiger partial charge in [0.15, 0.2) is 0 Å². The molecule has 2 aliphatic rings. The van der Waals surface area contributed by atoms with Gasteiger partial charge in [0, 0.05) is 44.8 Å². The average Bonchev–Trinajstić information content (AvgIpc) is 3.09. The quantitative estimate of drug-likeness (QED) is 0.796. The van der Waals surface area contributed by atoms with Crippen LogP contribution in [0.4, 0.5) is 10.5 Å². The van der Waals surface area contributed by atoms with E-state index in [1.54, 1.807) is 21.6 Å². The summed E-state index contributed by atoms with van der Waals surface area (Å²) in [5.41, 5.74) is 2.07. The summed E-state index contributed by atoms with van der Waals surface area (Å²) in [6, 6.07) is 7.99. The first-order chi connectivity index (χ1) is 13.4. The first-order valence-corrected chi connectivity index (χ1v) is 10.0. The largest absolute Gasteiger partial charge is 0.450 e. The van der Waals surface area contributed by atoms with Crippen molar-refractivity contribution in [3.63, 3.8) is 0 Å². The van der Waals surface area contributed by atoms with Crippen LogP contribution in [0.5, 0.6) is 0 Å². The van der Waals surface area contributed by atoms with Crippen molar-refractivity contribution in [3.8, 4) is 0 Å². The van der Waals surface area contributed by atoms with Gasteiger partial charge in [0.25, 0.3) is 0 Å². The number of carbonyl (C=O) groups is 3. The molecule has 1 aromatic carbocycles. The molecule has 2 aliphatic heterocycles. The number of hydrogen-bond acceptors (Lipinski definition) is 4. The van der Waals surface area contributed by atoms with Gasteiger partial charge in [0.1, 0.15) is 0 Å². The normalized spacial score (nSPS) is 20.1. The van der Waals surface area contributed by atoms with Crippen LogP contribution in [0.25, 0.3) is 0 Å². The van der Waals surface area contributed by atoms with Crippen LogP contribution in [-0.2, 0) is 14.3 Å². The molecule has 3 amide bonds. The van der Waals surface area contributed by atoms with Gasteiger partial charge in [-0.25, -0.2) is 4.79 Å². The van der Waals surface area contributed by atoms with E-state index in [4.69, 9.17) is 4.74 Å². The SMILES string of the molecule is CCOC(=O)N1CCN(C(=O)C2CC(=O)N(c3ccc(C(C)C)cc3)C2)CC1. The second-order valence-corrected chi connectivity index (χ2v) is 7.66. The lowest BCUT2D eigenvalue weighted by Gasteiger charge is -2.35. The van der Waals surface area contributed by atoms with E-state index >= 15 is 0 Å². The number of rotatable bonds is 4. The van der Waals surface area contributed by atoms with Gasteiger partial charge < -0.3 is 19.4 Å². The van der Waals surface area contributed by atoms with Gasteiger partial charge in [-0.05, 0) is 30.5 Å². The number of benzene rings is 1. The third-order valence-electron chi connectivity index (χ3n) is 5.46. The third-order valence-corrected chi connectivity index (χ3v) is 5.46. The Balaban J connectivity index is 1.57.